The number of aliphatic hydroxyl groups excluding tert-OH is 2. The summed E-state index contributed by atoms with van der Waals surface area (Å²) < 4.78 is 0. The molecule has 0 spiro atoms. The van der Waals surface area contributed by atoms with Crippen molar-refractivity contribution in [2.24, 2.45) is 11.8 Å². The van der Waals surface area contributed by atoms with Gasteiger partial charge in [0.15, 0.2) is 5.78 Å². The fourth-order valence-electron chi connectivity index (χ4n) is 2.61. The van der Waals surface area contributed by atoms with Crippen LogP contribution in [-0.2, 0) is 4.79 Å². The number of ketones is 1. The van der Waals surface area contributed by atoms with Crippen LogP contribution in [0.3, 0.4) is 0 Å². The smallest absolute Gasteiger partial charge is 0.152 e. The van der Waals surface area contributed by atoms with Crippen LogP contribution < -0.4 is 0 Å². The Hall–Kier alpha value is -3.01. The van der Waals surface area contributed by atoms with Crippen LogP contribution in [0.25, 0.3) is 0 Å². The number of carbonyl (C=O) groups excluding carboxylic acids is 1. The van der Waals surface area contributed by atoms with Crippen molar-refractivity contribution in [3.8, 4) is 0 Å². The highest BCUT2D eigenvalue weighted by Gasteiger charge is 2.23. The molecule has 0 aliphatic rings. The zero-order chi connectivity index (χ0) is 26.7. The molecule has 0 aromatic carbocycles. The quantitative estimate of drug-likeness (QED) is 0.154. The Kier molecular flexibility index (Phi) is 25.0. The van der Waals surface area contributed by atoms with E-state index in [0.29, 0.717) is 0 Å². The molecule has 0 heterocycles. The lowest BCUT2D eigenvalue weighted by Gasteiger charge is -2.25. The first-order chi connectivity index (χ1) is 16.8. The largest absolute Gasteiger partial charge is 0.392 e. The molecule has 0 aliphatic heterocycles. The minimum atomic E-state index is -0.662. The van der Waals surface area contributed by atoms with Gasteiger partial charge in [0.05, 0.1) is 12.2 Å². The predicted molar refractivity (Wildman–Crippen MR) is 154 cm³/mol. The van der Waals surface area contributed by atoms with Crippen molar-refractivity contribution in [1.82, 2.24) is 0 Å². The molecule has 0 bridgehead atoms. The molecule has 0 saturated carbocycles. The van der Waals surface area contributed by atoms with Gasteiger partial charge in [0.25, 0.3) is 0 Å². The Morgan fingerprint density at radius 1 is 0.686 bits per heavy atom. The Balaban J connectivity index is 0. The summed E-state index contributed by atoms with van der Waals surface area (Å²) in [5.41, 5.74) is 0. The van der Waals surface area contributed by atoms with Gasteiger partial charge in [0.2, 0.25) is 0 Å². The molecule has 3 nitrogen and oxygen atoms in total. The molecule has 0 amide bonds. The number of allylic oxidation sites excluding steroid dienone is 18. The first kappa shape index (κ1) is 34.2. The van der Waals surface area contributed by atoms with Crippen molar-refractivity contribution >= 4 is 5.78 Å². The summed E-state index contributed by atoms with van der Waals surface area (Å²) in [6.07, 6.45) is 37.6. The van der Waals surface area contributed by atoms with E-state index in [2.05, 4.69) is 13.0 Å². The summed E-state index contributed by atoms with van der Waals surface area (Å²) in [5, 5.41) is 20.2. The van der Waals surface area contributed by atoms with E-state index in [-0.39, 0.29) is 17.6 Å². The average Bonchev–Trinajstić information content (AvgIpc) is 2.84. The van der Waals surface area contributed by atoms with E-state index in [0.717, 1.165) is 6.42 Å². The molecule has 3 heteroatoms. The lowest BCUT2D eigenvalue weighted by molar-refractivity contribution is -0.112. The zero-order valence-electron chi connectivity index (χ0n) is 22.4. The van der Waals surface area contributed by atoms with Gasteiger partial charge in [-0.1, -0.05) is 136 Å². The molecule has 0 radical (unpaired) electrons. The molecule has 0 fully saturated rings. The van der Waals surface area contributed by atoms with Crippen LogP contribution in [0.1, 0.15) is 48.0 Å². The maximum Gasteiger partial charge on any atom is 0.152 e. The second-order valence-electron chi connectivity index (χ2n) is 7.87. The van der Waals surface area contributed by atoms with Gasteiger partial charge in [0.1, 0.15) is 0 Å². The van der Waals surface area contributed by atoms with Crippen LogP contribution in [0.5, 0.6) is 0 Å². The van der Waals surface area contributed by atoms with Gasteiger partial charge in [-0.25, -0.2) is 0 Å². The Bertz CT molecular complexity index is 814. The Labute approximate surface area is 214 Å². The topological polar surface area (TPSA) is 57.5 Å². The van der Waals surface area contributed by atoms with Crippen molar-refractivity contribution < 1.29 is 15.0 Å². The number of rotatable bonds is 14. The van der Waals surface area contributed by atoms with Crippen LogP contribution >= 0.6 is 0 Å². The number of hydrogen-bond donors (Lipinski definition) is 2. The second kappa shape index (κ2) is 25.6. The van der Waals surface area contributed by atoms with Crippen LogP contribution in [0.4, 0.5) is 0 Å². The normalized spacial score (nSPS) is 16.9. The van der Waals surface area contributed by atoms with Crippen molar-refractivity contribution in [3.63, 3.8) is 0 Å². The van der Waals surface area contributed by atoms with E-state index < -0.39 is 12.2 Å². The highest BCUT2D eigenvalue weighted by atomic mass is 16.3. The van der Waals surface area contributed by atoms with Crippen LogP contribution in [0.2, 0.25) is 0 Å². The molecule has 4 atom stereocenters. The Morgan fingerprint density at radius 3 is 1.66 bits per heavy atom. The van der Waals surface area contributed by atoms with Crippen molar-refractivity contribution in [2.75, 3.05) is 0 Å². The monoisotopic (exact) mass is 478 g/mol. The minimum Gasteiger partial charge on any atom is -0.392 e. The van der Waals surface area contributed by atoms with E-state index in [9.17, 15) is 15.0 Å². The molecule has 2 N–H and O–H groups in total. The van der Waals surface area contributed by atoms with Gasteiger partial charge >= 0.3 is 0 Å². The number of aliphatic hydroxyl groups is 2. The van der Waals surface area contributed by atoms with Crippen molar-refractivity contribution in [1.29, 1.82) is 0 Å². The van der Waals surface area contributed by atoms with E-state index in [4.69, 9.17) is 0 Å². The summed E-state index contributed by atoms with van der Waals surface area (Å²) in [4.78, 5) is 10.4. The van der Waals surface area contributed by atoms with Gasteiger partial charge in [-0.05, 0) is 33.3 Å². The summed E-state index contributed by atoms with van der Waals surface area (Å²) in [6, 6.07) is 0. The van der Waals surface area contributed by atoms with Gasteiger partial charge in [0, 0.05) is 11.8 Å². The summed E-state index contributed by atoms with van der Waals surface area (Å²) in [7, 11) is 0. The predicted octanol–water partition coefficient (Wildman–Crippen LogP) is 7.57. The molecule has 0 aliphatic carbocycles. The summed E-state index contributed by atoms with van der Waals surface area (Å²) in [6.45, 7) is 11.3. The summed E-state index contributed by atoms with van der Waals surface area (Å²) >= 11 is 0. The average molecular weight is 479 g/mol. The summed E-state index contributed by atoms with van der Waals surface area (Å²) in [5.74, 6) is -0.114. The molecule has 35 heavy (non-hydrogen) atoms. The molecule has 0 aromatic rings. The Morgan fingerprint density at radius 2 is 1.17 bits per heavy atom. The first-order valence-corrected chi connectivity index (χ1v) is 12.3. The number of hydrogen-bond acceptors (Lipinski definition) is 3. The first-order valence-electron chi connectivity index (χ1n) is 12.3. The second-order valence-corrected chi connectivity index (χ2v) is 7.87. The molecule has 0 rings (SSSR count). The highest BCUT2D eigenvalue weighted by molar-refractivity contribution is 5.87. The van der Waals surface area contributed by atoms with Crippen LogP contribution in [0.15, 0.2) is 122 Å². The van der Waals surface area contributed by atoms with E-state index in [1.165, 1.54) is 13.0 Å². The molecular weight excluding hydrogens is 432 g/mol. The van der Waals surface area contributed by atoms with Crippen LogP contribution in [-0.4, -0.2) is 28.2 Å². The molecule has 192 valence electrons. The molecule has 0 aromatic heterocycles. The van der Waals surface area contributed by atoms with E-state index in [1.807, 2.05) is 119 Å². The van der Waals surface area contributed by atoms with E-state index >= 15 is 0 Å². The van der Waals surface area contributed by atoms with Gasteiger partial charge in [-0.15, -0.1) is 0 Å². The van der Waals surface area contributed by atoms with E-state index in [1.54, 1.807) is 18.2 Å². The standard InChI is InChI=1S/C21H32O2.C11H14O/c1-5-7-8-9-10-11-12-13-14-15-17-20(22)19(4)21(23)18(3)16-6-2;1-3-4-5-6-7-8-9-10-11(2)12/h6-23H,5H2,1-4H3;3-10H,1-2H3/b8-7+,10-9+,12-11+,14-13+,16-6+,17-15+;4-3+,6-5+,8-7+,10-9+. The zero-order valence-corrected chi connectivity index (χ0v) is 22.4. The third-order valence-electron chi connectivity index (χ3n) is 4.65. The fraction of sp³-hybridized carbons (Fsp3) is 0.344. The van der Waals surface area contributed by atoms with Crippen LogP contribution in [0, 0.1) is 11.8 Å². The third kappa shape index (κ3) is 23.9. The SMILES string of the molecule is C/C=C/C(C)C(O)C(C)C(O)/C=C/C=C/C=C/C=C/C=C/CC.C/C=C/C=C/C=C/C=C/C(C)=O. The maximum atomic E-state index is 10.4. The lowest BCUT2D eigenvalue weighted by atomic mass is 9.89. The third-order valence-corrected chi connectivity index (χ3v) is 4.65. The molecule has 4 unspecified atom stereocenters. The highest BCUT2D eigenvalue weighted by Crippen LogP contribution is 2.18. The fourth-order valence-corrected chi connectivity index (χ4v) is 2.61. The van der Waals surface area contributed by atoms with Gasteiger partial charge in [-0.3, -0.25) is 4.79 Å². The number of carbonyl (C=O) groups is 1. The van der Waals surface area contributed by atoms with Gasteiger partial charge in [-0.2, -0.15) is 0 Å². The maximum absolute atomic E-state index is 10.4. The van der Waals surface area contributed by atoms with Crippen molar-refractivity contribution in [3.05, 3.63) is 122 Å². The van der Waals surface area contributed by atoms with Crippen molar-refractivity contribution in [2.45, 2.75) is 60.2 Å². The lowest BCUT2D eigenvalue weighted by Crippen LogP contribution is -2.32. The molecule has 0 saturated heterocycles. The van der Waals surface area contributed by atoms with Gasteiger partial charge < -0.3 is 10.2 Å². The molecular formula is C32H46O3. The minimum absolute atomic E-state index is 0.0325.